The van der Waals surface area contributed by atoms with Gasteiger partial charge in [0.1, 0.15) is 0 Å². The van der Waals surface area contributed by atoms with Crippen LogP contribution in [-0.2, 0) is 5.41 Å². The molecule has 10 aromatic rings. The van der Waals surface area contributed by atoms with Crippen molar-refractivity contribution in [2.75, 3.05) is 4.90 Å². The van der Waals surface area contributed by atoms with Crippen molar-refractivity contribution in [2.45, 2.75) is 19.3 Å². The number of nitrogens with zero attached hydrogens (tertiary/aromatic N) is 2. The molecule has 2 heteroatoms. The fourth-order valence-corrected chi connectivity index (χ4v) is 9.34. The van der Waals surface area contributed by atoms with Crippen LogP contribution < -0.4 is 4.90 Å². The van der Waals surface area contributed by atoms with Crippen molar-refractivity contribution in [1.82, 2.24) is 4.57 Å². The molecule has 2 heterocycles. The SMILES string of the molecule is CC1(C)c2ccccc2-n2c3ccc(-c4cccc5c(N(c6cccc(-c7ccccc7)c6)c6cccc7ccccc67)cccc45)cc3c3cccc1c32. The van der Waals surface area contributed by atoms with Gasteiger partial charge in [0.25, 0.3) is 0 Å². The summed E-state index contributed by atoms with van der Waals surface area (Å²) in [6.07, 6.45) is 0. The van der Waals surface area contributed by atoms with Crippen LogP contribution in [0.3, 0.4) is 0 Å². The average molecular weight is 703 g/mol. The Balaban J connectivity index is 1.13. The second-order valence-electron chi connectivity index (χ2n) is 15.3. The zero-order valence-corrected chi connectivity index (χ0v) is 30.9. The van der Waals surface area contributed by atoms with Gasteiger partial charge in [-0.15, -0.1) is 0 Å². The summed E-state index contributed by atoms with van der Waals surface area (Å²) in [5.41, 5.74) is 14.7. The summed E-state index contributed by atoms with van der Waals surface area (Å²) in [4.78, 5) is 2.45. The molecule has 0 unspecified atom stereocenters. The van der Waals surface area contributed by atoms with Crippen LogP contribution in [-0.4, -0.2) is 4.57 Å². The fraction of sp³-hybridized carbons (Fsp3) is 0.0566. The van der Waals surface area contributed by atoms with E-state index >= 15 is 0 Å². The van der Waals surface area contributed by atoms with Crippen molar-refractivity contribution >= 4 is 60.4 Å². The van der Waals surface area contributed by atoms with E-state index < -0.39 is 0 Å². The van der Waals surface area contributed by atoms with Gasteiger partial charge in [-0.1, -0.05) is 166 Å². The number of benzene rings is 9. The molecule has 11 rings (SSSR count). The molecule has 2 nitrogen and oxygen atoms in total. The minimum absolute atomic E-state index is 0.0914. The number of hydrogen-bond donors (Lipinski definition) is 0. The maximum Gasteiger partial charge on any atom is 0.0582 e. The molecule has 0 radical (unpaired) electrons. The highest BCUT2D eigenvalue weighted by Crippen LogP contribution is 2.49. The minimum atomic E-state index is -0.0914. The molecular formula is C53H38N2. The summed E-state index contributed by atoms with van der Waals surface area (Å²) in [5, 5.41) is 7.45. The predicted octanol–water partition coefficient (Wildman–Crippen LogP) is 14.5. The Morgan fingerprint density at radius 2 is 1.05 bits per heavy atom. The smallest absolute Gasteiger partial charge is 0.0582 e. The van der Waals surface area contributed by atoms with Gasteiger partial charge in [-0.3, -0.25) is 0 Å². The van der Waals surface area contributed by atoms with Gasteiger partial charge in [-0.05, 0) is 86.6 Å². The lowest BCUT2D eigenvalue weighted by molar-refractivity contribution is 0.630. The van der Waals surface area contributed by atoms with Crippen molar-refractivity contribution in [3.63, 3.8) is 0 Å². The number of rotatable bonds is 5. The Morgan fingerprint density at radius 3 is 1.96 bits per heavy atom. The fourth-order valence-electron chi connectivity index (χ4n) is 9.34. The van der Waals surface area contributed by atoms with Crippen molar-refractivity contribution in [3.05, 3.63) is 205 Å². The van der Waals surface area contributed by atoms with Crippen molar-refractivity contribution in [2.24, 2.45) is 0 Å². The zero-order valence-electron chi connectivity index (χ0n) is 30.9. The second-order valence-corrected chi connectivity index (χ2v) is 15.3. The molecule has 0 amide bonds. The van der Waals surface area contributed by atoms with E-state index in [0.29, 0.717) is 0 Å². The monoisotopic (exact) mass is 702 g/mol. The topological polar surface area (TPSA) is 8.17 Å². The van der Waals surface area contributed by atoms with Crippen LogP contribution >= 0.6 is 0 Å². The molecule has 0 bridgehead atoms. The Morgan fingerprint density at radius 1 is 0.418 bits per heavy atom. The normalized spacial score (nSPS) is 13.1. The highest BCUT2D eigenvalue weighted by atomic mass is 15.1. The van der Waals surface area contributed by atoms with Crippen LogP contribution in [0, 0.1) is 0 Å². The van der Waals surface area contributed by atoms with E-state index in [0.717, 1.165) is 17.1 Å². The molecule has 0 saturated heterocycles. The molecule has 0 saturated carbocycles. The van der Waals surface area contributed by atoms with E-state index in [-0.39, 0.29) is 5.41 Å². The standard InChI is InChI=1S/C53H38N2/c1-53(2)46-26-8-9-28-51(46)55-50-32-31-38(34-45(50)44-25-13-27-47(53)52(44)55)40-22-12-24-43-42(40)23-14-30-49(43)54(48-29-11-18-36-17-6-7-21-41(36)48)39-20-10-19-37(33-39)35-15-4-3-5-16-35/h3-34H,1-2H3. The van der Waals surface area contributed by atoms with Crippen LogP contribution in [0.1, 0.15) is 25.0 Å². The van der Waals surface area contributed by atoms with E-state index in [1.807, 2.05) is 0 Å². The third kappa shape index (κ3) is 4.74. The number of fused-ring (bicyclic) bond motifs is 7. The Kier molecular flexibility index (Phi) is 6.93. The maximum atomic E-state index is 2.50. The molecule has 1 aliphatic heterocycles. The van der Waals surface area contributed by atoms with Gasteiger partial charge < -0.3 is 9.47 Å². The molecule has 0 atom stereocenters. The molecule has 0 N–H and O–H groups in total. The summed E-state index contributed by atoms with van der Waals surface area (Å²) >= 11 is 0. The maximum absolute atomic E-state index is 2.50. The summed E-state index contributed by atoms with van der Waals surface area (Å²) < 4.78 is 2.50. The predicted molar refractivity (Wildman–Crippen MR) is 233 cm³/mol. The van der Waals surface area contributed by atoms with Gasteiger partial charge in [0, 0.05) is 32.6 Å². The summed E-state index contributed by atoms with van der Waals surface area (Å²) in [6, 6.07) is 71.4. The molecule has 0 spiro atoms. The van der Waals surface area contributed by atoms with E-state index in [9.17, 15) is 0 Å². The molecule has 9 aromatic carbocycles. The Labute approximate surface area is 321 Å². The van der Waals surface area contributed by atoms with Crippen LogP contribution in [0.2, 0.25) is 0 Å². The van der Waals surface area contributed by atoms with Gasteiger partial charge >= 0.3 is 0 Å². The number of hydrogen-bond acceptors (Lipinski definition) is 1. The number of aromatic nitrogens is 1. The summed E-state index contributed by atoms with van der Waals surface area (Å²) in [5.74, 6) is 0. The number of anilines is 3. The molecule has 0 fully saturated rings. The highest BCUT2D eigenvalue weighted by Gasteiger charge is 2.34. The lowest BCUT2D eigenvalue weighted by Crippen LogP contribution is -2.26. The summed E-state index contributed by atoms with van der Waals surface area (Å²) in [6.45, 7) is 4.72. The highest BCUT2D eigenvalue weighted by molar-refractivity contribution is 6.14. The van der Waals surface area contributed by atoms with Crippen LogP contribution in [0.25, 0.3) is 71.3 Å². The Bertz CT molecular complexity index is 3120. The molecule has 1 aromatic heterocycles. The van der Waals surface area contributed by atoms with Gasteiger partial charge in [-0.2, -0.15) is 0 Å². The number of para-hydroxylation sites is 2. The van der Waals surface area contributed by atoms with Crippen molar-refractivity contribution in [1.29, 1.82) is 0 Å². The molecular weight excluding hydrogens is 665 g/mol. The van der Waals surface area contributed by atoms with Crippen LogP contribution in [0.4, 0.5) is 17.1 Å². The lowest BCUT2D eigenvalue weighted by Gasteiger charge is -2.34. The zero-order chi connectivity index (χ0) is 36.7. The second kappa shape index (κ2) is 12.1. The first-order valence-corrected chi connectivity index (χ1v) is 19.2. The van der Waals surface area contributed by atoms with E-state index in [1.54, 1.807) is 0 Å². The van der Waals surface area contributed by atoms with Gasteiger partial charge in [0.2, 0.25) is 0 Å². The first-order chi connectivity index (χ1) is 27.1. The van der Waals surface area contributed by atoms with E-state index in [2.05, 4.69) is 217 Å². The molecule has 0 aliphatic carbocycles. The quantitative estimate of drug-likeness (QED) is 0.173. The largest absolute Gasteiger partial charge is 0.309 e. The third-order valence-electron chi connectivity index (χ3n) is 11.9. The third-order valence-corrected chi connectivity index (χ3v) is 11.9. The molecule has 55 heavy (non-hydrogen) atoms. The first kappa shape index (κ1) is 31.6. The minimum Gasteiger partial charge on any atom is -0.309 e. The molecule has 1 aliphatic rings. The van der Waals surface area contributed by atoms with E-state index in [1.165, 1.54) is 82.4 Å². The average Bonchev–Trinajstić information content (AvgIpc) is 3.58. The summed E-state index contributed by atoms with van der Waals surface area (Å²) in [7, 11) is 0. The molecule has 260 valence electrons. The van der Waals surface area contributed by atoms with Crippen molar-refractivity contribution in [3.8, 4) is 27.9 Å². The first-order valence-electron chi connectivity index (χ1n) is 19.2. The van der Waals surface area contributed by atoms with E-state index in [4.69, 9.17) is 0 Å². The van der Waals surface area contributed by atoms with Gasteiger partial charge in [0.15, 0.2) is 0 Å². The van der Waals surface area contributed by atoms with Gasteiger partial charge in [0.05, 0.1) is 28.1 Å². The van der Waals surface area contributed by atoms with Crippen molar-refractivity contribution < 1.29 is 0 Å². The van der Waals surface area contributed by atoms with Crippen LogP contribution in [0.15, 0.2) is 194 Å². The van der Waals surface area contributed by atoms with Crippen LogP contribution in [0.5, 0.6) is 0 Å². The Hall–Kier alpha value is -6.90. The lowest BCUT2D eigenvalue weighted by atomic mass is 9.75. The van der Waals surface area contributed by atoms with Gasteiger partial charge in [-0.25, -0.2) is 0 Å².